The lowest BCUT2D eigenvalue weighted by atomic mass is 10.2. The van der Waals surface area contributed by atoms with E-state index in [4.69, 9.17) is 9.47 Å². The fraction of sp³-hybridized carbons (Fsp3) is 0.350. The quantitative estimate of drug-likeness (QED) is 0.618. The Balaban J connectivity index is 1.61. The van der Waals surface area contributed by atoms with E-state index in [1.165, 1.54) is 0 Å². The van der Waals surface area contributed by atoms with Crippen LogP contribution < -0.4 is 14.8 Å². The Morgan fingerprint density at radius 2 is 1.88 bits per heavy atom. The van der Waals surface area contributed by atoms with E-state index in [0.29, 0.717) is 19.8 Å². The molecule has 3 aromatic rings. The van der Waals surface area contributed by atoms with Crippen LogP contribution in [0.15, 0.2) is 42.5 Å². The van der Waals surface area contributed by atoms with Crippen LogP contribution in [-0.2, 0) is 13.1 Å². The number of imidazole rings is 1. The molecule has 0 bridgehead atoms. The minimum Gasteiger partial charge on any atom is -0.490 e. The first-order valence-corrected chi connectivity index (χ1v) is 8.83. The summed E-state index contributed by atoms with van der Waals surface area (Å²) in [6.45, 7) is 6.83. The molecule has 0 saturated heterocycles. The van der Waals surface area contributed by atoms with Gasteiger partial charge in [0, 0.05) is 6.54 Å². The topological polar surface area (TPSA) is 59.2 Å². The molecule has 0 saturated carbocycles. The van der Waals surface area contributed by atoms with Crippen LogP contribution in [0.25, 0.3) is 11.0 Å². The van der Waals surface area contributed by atoms with E-state index >= 15 is 0 Å². The molecule has 0 unspecified atom stereocenters. The fourth-order valence-electron chi connectivity index (χ4n) is 2.68. The first kappa shape index (κ1) is 17.3. The molecule has 0 atom stereocenters. The minimum absolute atomic E-state index is 0.623. The number of para-hydroxylation sites is 2. The van der Waals surface area contributed by atoms with Gasteiger partial charge in [-0.25, -0.2) is 4.98 Å². The molecule has 0 fully saturated rings. The van der Waals surface area contributed by atoms with Gasteiger partial charge in [-0.05, 0) is 43.2 Å². The summed E-state index contributed by atoms with van der Waals surface area (Å²) in [6.07, 6.45) is 0.979. The highest BCUT2D eigenvalue weighted by Gasteiger charge is 2.07. The van der Waals surface area contributed by atoms with Gasteiger partial charge in [0.25, 0.3) is 0 Å². The summed E-state index contributed by atoms with van der Waals surface area (Å²) in [6, 6.07) is 14.2. The second-order valence-corrected chi connectivity index (χ2v) is 5.87. The van der Waals surface area contributed by atoms with Crippen molar-refractivity contribution in [2.45, 2.75) is 33.4 Å². The van der Waals surface area contributed by atoms with Gasteiger partial charge in [-0.3, -0.25) is 0 Å². The molecule has 2 N–H and O–H groups in total. The lowest BCUT2D eigenvalue weighted by Crippen LogP contribution is -2.14. The Morgan fingerprint density at radius 3 is 2.68 bits per heavy atom. The molecular formula is C20H25N3O2. The maximum Gasteiger partial charge on any atom is 0.161 e. The van der Waals surface area contributed by atoms with Crippen LogP contribution in [0.2, 0.25) is 0 Å². The van der Waals surface area contributed by atoms with Gasteiger partial charge in [-0.1, -0.05) is 25.1 Å². The number of hydrogen-bond acceptors (Lipinski definition) is 4. The summed E-state index contributed by atoms with van der Waals surface area (Å²) in [5.74, 6) is 2.55. The normalized spacial score (nSPS) is 11.0. The summed E-state index contributed by atoms with van der Waals surface area (Å²) in [4.78, 5) is 7.90. The number of benzene rings is 2. The van der Waals surface area contributed by atoms with Crippen molar-refractivity contribution < 1.29 is 9.47 Å². The van der Waals surface area contributed by atoms with Crippen molar-refractivity contribution >= 4 is 11.0 Å². The largest absolute Gasteiger partial charge is 0.490 e. The van der Waals surface area contributed by atoms with Crippen LogP contribution in [0, 0.1) is 0 Å². The fourth-order valence-corrected chi connectivity index (χ4v) is 2.68. The lowest BCUT2D eigenvalue weighted by Gasteiger charge is -2.13. The van der Waals surface area contributed by atoms with Crippen molar-refractivity contribution in [3.63, 3.8) is 0 Å². The van der Waals surface area contributed by atoms with Crippen molar-refractivity contribution in [2.75, 3.05) is 13.2 Å². The Labute approximate surface area is 148 Å². The molecule has 2 aromatic carbocycles. The highest BCUT2D eigenvalue weighted by molar-refractivity contribution is 5.74. The summed E-state index contributed by atoms with van der Waals surface area (Å²) in [5, 5.41) is 3.42. The molecule has 3 rings (SSSR count). The molecule has 25 heavy (non-hydrogen) atoms. The van der Waals surface area contributed by atoms with E-state index in [-0.39, 0.29) is 0 Å². The predicted molar refractivity (Wildman–Crippen MR) is 100 cm³/mol. The SMILES string of the molecule is CCCOc1ccc(CNCc2nc3ccccc3[nH]2)cc1OCC. The van der Waals surface area contributed by atoms with Crippen LogP contribution in [0.3, 0.4) is 0 Å². The van der Waals surface area contributed by atoms with Gasteiger partial charge in [-0.2, -0.15) is 0 Å². The predicted octanol–water partition coefficient (Wildman–Crippen LogP) is 4.04. The molecular weight excluding hydrogens is 314 g/mol. The van der Waals surface area contributed by atoms with E-state index in [9.17, 15) is 0 Å². The molecule has 1 heterocycles. The van der Waals surface area contributed by atoms with Gasteiger partial charge >= 0.3 is 0 Å². The third kappa shape index (κ3) is 4.51. The number of aromatic nitrogens is 2. The molecule has 0 amide bonds. The van der Waals surface area contributed by atoms with Gasteiger partial charge in [0.15, 0.2) is 11.5 Å². The van der Waals surface area contributed by atoms with Crippen LogP contribution in [0.5, 0.6) is 11.5 Å². The van der Waals surface area contributed by atoms with Crippen molar-refractivity contribution in [1.82, 2.24) is 15.3 Å². The van der Waals surface area contributed by atoms with Gasteiger partial charge < -0.3 is 19.8 Å². The number of nitrogens with one attached hydrogen (secondary N) is 2. The molecule has 1 aromatic heterocycles. The second-order valence-electron chi connectivity index (χ2n) is 5.87. The molecule has 0 spiro atoms. The average Bonchev–Trinajstić information content (AvgIpc) is 3.04. The molecule has 0 radical (unpaired) electrons. The number of ether oxygens (including phenoxy) is 2. The average molecular weight is 339 g/mol. The van der Waals surface area contributed by atoms with Gasteiger partial charge in [0.05, 0.1) is 30.8 Å². The highest BCUT2D eigenvalue weighted by Crippen LogP contribution is 2.28. The molecule has 0 aliphatic rings. The summed E-state index contributed by atoms with van der Waals surface area (Å²) in [7, 11) is 0. The van der Waals surface area contributed by atoms with Crippen LogP contribution in [0.4, 0.5) is 0 Å². The number of hydrogen-bond donors (Lipinski definition) is 2. The van der Waals surface area contributed by atoms with E-state index in [0.717, 1.165) is 46.9 Å². The molecule has 5 nitrogen and oxygen atoms in total. The molecule has 0 aliphatic heterocycles. The van der Waals surface area contributed by atoms with Crippen LogP contribution >= 0.6 is 0 Å². The van der Waals surface area contributed by atoms with Crippen LogP contribution in [-0.4, -0.2) is 23.2 Å². The first-order chi connectivity index (χ1) is 12.3. The number of aromatic amines is 1. The maximum absolute atomic E-state index is 5.74. The Kier molecular flexibility index (Phi) is 5.90. The Bertz CT molecular complexity index is 781. The van der Waals surface area contributed by atoms with Crippen molar-refractivity contribution in [3.8, 4) is 11.5 Å². The van der Waals surface area contributed by atoms with Gasteiger partial charge in [-0.15, -0.1) is 0 Å². The number of H-pyrrole nitrogens is 1. The third-order valence-electron chi connectivity index (χ3n) is 3.83. The number of nitrogens with zero attached hydrogens (tertiary/aromatic N) is 1. The molecule has 132 valence electrons. The van der Waals surface area contributed by atoms with E-state index in [1.807, 2.05) is 43.3 Å². The summed E-state index contributed by atoms with van der Waals surface area (Å²) >= 11 is 0. The minimum atomic E-state index is 0.623. The molecule has 5 heteroatoms. The Morgan fingerprint density at radius 1 is 1.00 bits per heavy atom. The van der Waals surface area contributed by atoms with Crippen molar-refractivity contribution in [1.29, 1.82) is 0 Å². The second kappa shape index (κ2) is 8.53. The van der Waals surface area contributed by atoms with Crippen LogP contribution in [0.1, 0.15) is 31.7 Å². The third-order valence-corrected chi connectivity index (χ3v) is 3.83. The first-order valence-electron chi connectivity index (χ1n) is 8.83. The summed E-state index contributed by atoms with van der Waals surface area (Å²) in [5.41, 5.74) is 3.22. The molecule has 0 aliphatic carbocycles. The lowest BCUT2D eigenvalue weighted by molar-refractivity contribution is 0.276. The van der Waals surface area contributed by atoms with E-state index in [1.54, 1.807) is 0 Å². The zero-order chi connectivity index (χ0) is 17.5. The maximum atomic E-state index is 5.74. The van der Waals surface area contributed by atoms with Gasteiger partial charge in [0.2, 0.25) is 0 Å². The number of rotatable bonds is 9. The zero-order valence-corrected chi connectivity index (χ0v) is 14.8. The standard InChI is InChI=1S/C20H25N3O2/c1-3-11-25-18-10-9-15(12-19(18)24-4-2)13-21-14-20-22-16-7-5-6-8-17(16)23-20/h5-10,12,21H,3-4,11,13-14H2,1-2H3,(H,22,23). The number of fused-ring (bicyclic) bond motifs is 1. The van der Waals surface area contributed by atoms with E-state index in [2.05, 4.69) is 28.3 Å². The highest BCUT2D eigenvalue weighted by atomic mass is 16.5. The Hall–Kier alpha value is -2.53. The summed E-state index contributed by atoms with van der Waals surface area (Å²) < 4.78 is 11.4. The monoisotopic (exact) mass is 339 g/mol. The van der Waals surface area contributed by atoms with Crippen molar-refractivity contribution in [2.24, 2.45) is 0 Å². The van der Waals surface area contributed by atoms with Gasteiger partial charge in [0.1, 0.15) is 5.82 Å². The van der Waals surface area contributed by atoms with E-state index < -0.39 is 0 Å². The smallest absolute Gasteiger partial charge is 0.161 e. The van der Waals surface area contributed by atoms with Crippen molar-refractivity contribution in [3.05, 3.63) is 53.9 Å². The zero-order valence-electron chi connectivity index (χ0n) is 14.8.